The van der Waals surface area contributed by atoms with Gasteiger partial charge in [0.15, 0.2) is 0 Å². The number of aryl methyl sites for hydroxylation is 1. The van der Waals surface area contributed by atoms with E-state index in [9.17, 15) is 4.79 Å². The Morgan fingerprint density at radius 3 is 3.10 bits per heavy atom. The molecule has 0 aromatic carbocycles. The zero-order chi connectivity index (χ0) is 14.1. The fraction of sp³-hybridized carbons (Fsp3) is 0.429. The molecule has 3 heterocycles. The number of amides is 1. The van der Waals surface area contributed by atoms with Gasteiger partial charge in [0, 0.05) is 29.8 Å². The smallest absolute Gasteiger partial charge is 0.223 e. The second-order valence-corrected chi connectivity index (χ2v) is 7.50. The van der Waals surface area contributed by atoms with Crippen LogP contribution in [0.15, 0.2) is 11.4 Å². The Morgan fingerprint density at radius 2 is 2.40 bits per heavy atom. The van der Waals surface area contributed by atoms with Crippen molar-refractivity contribution in [3.05, 3.63) is 26.9 Å². The summed E-state index contributed by atoms with van der Waals surface area (Å²) in [6.45, 7) is 3.59. The number of hydrogen-bond donors (Lipinski definition) is 1. The van der Waals surface area contributed by atoms with Crippen LogP contribution in [0.4, 0.5) is 0 Å². The summed E-state index contributed by atoms with van der Waals surface area (Å²) in [5, 5.41) is 3.20. The van der Waals surface area contributed by atoms with Gasteiger partial charge in [-0.2, -0.15) is 12.6 Å². The molecule has 20 heavy (non-hydrogen) atoms. The summed E-state index contributed by atoms with van der Waals surface area (Å²) in [5.74, 6) is 0.831. The second kappa shape index (κ2) is 5.87. The van der Waals surface area contributed by atoms with Gasteiger partial charge in [-0.05, 0) is 30.7 Å². The molecule has 0 spiro atoms. The van der Waals surface area contributed by atoms with Gasteiger partial charge in [0.2, 0.25) is 5.91 Å². The molecule has 6 heteroatoms. The minimum atomic E-state index is 0.211. The number of thiophene rings is 1. The molecule has 0 saturated heterocycles. The molecule has 3 nitrogen and oxygen atoms in total. The highest BCUT2D eigenvalue weighted by atomic mass is 32.1. The van der Waals surface area contributed by atoms with E-state index in [4.69, 9.17) is 0 Å². The number of nitrogens with zero attached hydrogens (tertiary/aromatic N) is 2. The van der Waals surface area contributed by atoms with E-state index in [1.54, 1.807) is 11.3 Å². The highest BCUT2D eigenvalue weighted by molar-refractivity contribution is 7.80. The highest BCUT2D eigenvalue weighted by Gasteiger charge is 2.23. The maximum absolute atomic E-state index is 12.0. The maximum Gasteiger partial charge on any atom is 0.223 e. The predicted octanol–water partition coefficient (Wildman–Crippen LogP) is 3.38. The fourth-order valence-electron chi connectivity index (χ4n) is 2.40. The van der Waals surface area contributed by atoms with Gasteiger partial charge in [0.1, 0.15) is 0 Å². The number of carbonyl (C=O) groups excluding carboxylic acids is 1. The van der Waals surface area contributed by atoms with Gasteiger partial charge in [-0.1, -0.05) is 0 Å². The molecular formula is C14H16N2OS3. The van der Waals surface area contributed by atoms with Crippen LogP contribution in [0.5, 0.6) is 0 Å². The first kappa shape index (κ1) is 14.1. The van der Waals surface area contributed by atoms with Crippen molar-refractivity contribution in [2.45, 2.75) is 26.3 Å². The van der Waals surface area contributed by atoms with Crippen LogP contribution in [-0.2, 0) is 17.8 Å². The minimum absolute atomic E-state index is 0.211. The lowest BCUT2D eigenvalue weighted by Gasteiger charge is -2.26. The monoisotopic (exact) mass is 324 g/mol. The molecule has 2 aromatic rings. The lowest BCUT2D eigenvalue weighted by molar-refractivity contribution is -0.131. The normalized spacial score (nSPS) is 14.4. The third kappa shape index (κ3) is 2.77. The molecule has 0 N–H and O–H groups in total. The Labute approximate surface area is 132 Å². The van der Waals surface area contributed by atoms with Crippen molar-refractivity contribution in [3.63, 3.8) is 0 Å². The van der Waals surface area contributed by atoms with Gasteiger partial charge in [-0.15, -0.1) is 22.7 Å². The number of aromatic nitrogens is 1. The quantitative estimate of drug-likeness (QED) is 0.878. The van der Waals surface area contributed by atoms with Crippen molar-refractivity contribution in [1.82, 2.24) is 9.88 Å². The lowest BCUT2D eigenvalue weighted by Crippen LogP contribution is -2.35. The first-order valence-electron chi connectivity index (χ1n) is 6.60. The summed E-state index contributed by atoms with van der Waals surface area (Å²) in [6.07, 6.45) is 1.49. The summed E-state index contributed by atoms with van der Waals surface area (Å²) in [7, 11) is 0. The van der Waals surface area contributed by atoms with Crippen molar-refractivity contribution in [1.29, 1.82) is 0 Å². The van der Waals surface area contributed by atoms with Crippen LogP contribution in [0.25, 0.3) is 10.6 Å². The Bertz CT molecular complexity index is 632. The summed E-state index contributed by atoms with van der Waals surface area (Å²) in [6, 6.07) is 2.20. The molecular weight excluding hydrogens is 308 g/mol. The highest BCUT2D eigenvalue weighted by Crippen LogP contribution is 2.35. The molecule has 1 aliphatic rings. The van der Waals surface area contributed by atoms with Crippen LogP contribution in [0.2, 0.25) is 0 Å². The largest absolute Gasteiger partial charge is 0.338 e. The summed E-state index contributed by atoms with van der Waals surface area (Å²) >= 11 is 7.64. The average molecular weight is 324 g/mol. The molecule has 1 aliphatic heterocycles. The van der Waals surface area contributed by atoms with E-state index in [1.165, 1.54) is 15.3 Å². The van der Waals surface area contributed by atoms with E-state index >= 15 is 0 Å². The molecule has 0 saturated carbocycles. The fourth-order valence-corrected chi connectivity index (χ4v) is 4.41. The van der Waals surface area contributed by atoms with E-state index in [1.807, 2.05) is 23.2 Å². The number of thiol groups is 1. The third-order valence-electron chi connectivity index (χ3n) is 3.42. The van der Waals surface area contributed by atoms with E-state index in [0.717, 1.165) is 30.2 Å². The number of fused-ring (bicyclic) bond motifs is 1. The zero-order valence-electron chi connectivity index (χ0n) is 11.3. The molecule has 0 radical (unpaired) electrons. The molecule has 106 valence electrons. The van der Waals surface area contributed by atoms with Crippen LogP contribution in [0, 0.1) is 6.92 Å². The van der Waals surface area contributed by atoms with E-state index < -0.39 is 0 Å². The first-order valence-corrected chi connectivity index (χ1v) is 8.93. The second-order valence-electron chi connectivity index (χ2n) is 4.85. The SMILES string of the molecule is Cc1nc(-c2cc3c(s2)CCN(C(=O)CCS)C3)cs1. The summed E-state index contributed by atoms with van der Waals surface area (Å²) < 4.78 is 0. The first-order chi connectivity index (χ1) is 9.67. The van der Waals surface area contributed by atoms with E-state index in [-0.39, 0.29) is 5.91 Å². The predicted molar refractivity (Wildman–Crippen MR) is 87.8 cm³/mol. The molecule has 0 atom stereocenters. The van der Waals surface area contributed by atoms with Crippen molar-refractivity contribution >= 4 is 41.2 Å². The average Bonchev–Trinajstić information content (AvgIpc) is 3.03. The van der Waals surface area contributed by atoms with Crippen LogP contribution in [-0.4, -0.2) is 28.1 Å². The number of hydrogen-bond acceptors (Lipinski definition) is 5. The zero-order valence-corrected chi connectivity index (χ0v) is 13.8. The Kier molecular flexibility index (Phi) is 4.14. The number of carbonyl (C=O) groups is 1. The van der Waals surface area contributed by atoms with Crippen molar-refractivity contribution in [2.24, 2.45) is 0 Å². The van der Waals surface area contributed by atoms with Gasteiger partial charge in [0.05, 0.1) is 15.6 Å². The lowest BCUT2D eigenvalue weighted by atomic mass is 10.1. The van der Waals surface area contributed by atoms with Crippen molar-refractivity contribution in [3.8, 4) is 10.6 Å². The Hall–Kier alpha value is -0.850. The molecule has 0 aliphatic carbocycles. The van der Waals surface area contributed by atoms with Gasteiger partial charge in [-0.25, -0.2) is 4.98 Å². The topological polar surface area (TPSA) is 33.2 Å². The van der Waals surface area contributed by atoms with E-state index in [2.05, 4.69) is 29.1 Å². The Morgan fingerprint density at radius 1 is 1.55 bits per heavy atom. The molecule has 2 aromatic heterocycles. The summed E-state index contributed by atoms with van der Waals surface area (Å²) in [4.78, 5) is 21.1. The number of rotatable bonds is 3. The van der Waals surface area contributed by atoms with E-state index in [0.29, 0.717) is 12.2 Å². The molecule has 3 rings (SSSR count). The number of thiazole rings is 1. The van der Waals surface area contributed by atoms with Crippen LogP contribution >= 0.6 is 35.3 Å². The van der Waals surface area contributed by atoms with Crippen LogP contribution in [0.3, 0.4) is 0 Å². The molecule has 0 unspecified atom stereocenters. The molecule has 0 bridgehead atoms. The maximum atomic E-state index is 12.0. The van der Waals surface area contributed by atoms with Crippen LogP contribution in [0.1, 0.15) is 21.9 Å². The Balaban J connectivity index is 1.81. The van der Waals surface area contributed by atoms with Crippen molar-refractivity contribution in [2.75, 3.05) is 12.3 Å². The van der Waals surface area contributed by atoms with Crippen molar-refractivity contribution < 1.29 is 4.79 Å². The van der Waals surface area contributed by atoms with Gasteiger partial charge >= 0.3 is 0 Å². The minimum Gasteiger partial charge on any atom is -0.338 e. The van der Waals surface area contributed by atoms with Gasteiger partial charge in [0.25, 0.3) is 0 Å². The molecule has 0 fully saturated rings. The molecule has 1 amide bonds. The van der Waals surface area contributed by atoms with Crippen LogP contribution < -0.4 is 0 Å². The third-order valence-corrected chi connectivity index (χ3v) is 5.67. The van der Waals surface area contributed by atoms with Gasteiger partial charge in [-0.3, -0.25) is 4.79 Å². The summed E-state index contributed by atoms with van der Waals surface area (Å²) in [5.41, 5.74) is 2.36. The van der Waals surface area contributed by atoms with Gasteiger partial charge < -0.3 is 4.90 Å². The standard InChI is InChI=1S/C14H16N2OS3/c1-9-15-11(8-19-9)13-6-10-7-16(14(17)3-5-18)4-2-12(10)20-13/h6,8,18H,2-5,7H2,1H3.